The maximum Gasteiger partial charge on any atom is 0.275 e. The molecule has 8 heteroatoms. The average molecular weight is 341 g/mol. The fourth-order valence-electron chi connectivity index (χ4n) is 1.72. The van der Waals surface area contributed by atoms with E-state index in [2.05, 4.69) is 31.4 Å². The Morgan fingerprint density at radius 3 is 2.95 bits per heavy atom. The second-order valence-corrected chi connectivity index (χ2v) is 5.10. The van der Waals surface area contributed by atoms with Gasteiger partial charge in [-0.05, 0) is 12.1 Å². The van der Waals surface area contributed by atoms with Crippen LogP contribution in [0, 0.1) is 17.0 Å². The van der Waals surface area contributed by atoms with Gasteiger partial charge in [0.05, 0.1) is 4.92 Å². The van der Waals surface area contributed by atoms with Gasteiger partial charge in [-0.1, -0.05) is 21.1 Å². The first-order valence-corrected chi connectivity index (χ1v) is 6.78. The predicted octanol–water partition coefficient (Wildman–Crippen LogP) is 2.38. The van der Waals surface area contributed by atoms with E-state index < -0.39 is 0 Å². The summed E-state index contributed by atoms with van der Waals surface area (Å²) >= 11 is 3.23. The lowest BCUT2D eigenvalue weighted by atomic mass is 10.2. The third-order valence-corrected chi connectivity index (χ3v) is 3.15. The molecule has 0 aliphatic carbocycles. The molecule has 0 radical (unpaired) electrons. The van der Waals surface area contributed by atoms with Crippen molar-refractivity contribution in [3.05, 3.63) is 50.1 Å². The van der Waals surface area contributed by atoms with Crippen LogP contribution in [-0.4, -0.2) is 21.6 Å². The summed E-state index contributed by atoms with van der Waals surface area (Å²) in [5, 5.41) is 17.9. The van der Waals surface area contributed by atoms with E-state index in [1.165, 1.54) is 6.07 Å². The van der Waals surface area contributed by atoms with Gasteiger partial charge in [0.25, 0.3) is 5.69 Å². The van der Waals surface area contributed by atoms with Crippen molar-refractivity contribution in [2.45, 2.75) is 19.9 Å². The Balaban J connectivity index is 1.89. The van der Waals surface area contributed by atoms with Gasteiger partial charge >= 0.3 is 0 Å². The van der Waals surface area contributed by atoms with Crippen molar-refractivity contribution in [2.75, 3.05) is 6.54 Å². The monoisotopic (exact) mass is 340 g/mol. The lowest BCUT2D eigenvalue weighted by Gasteiger charge is -2.05. The summed E-state index contributed by atoms with van der Waals surface area (Å²) in [6.07, 6.45) is 0.613. The molecule has 0 fully saturated rings. The highest BCUT2D eigenvalue weighted by molar-refractivity contribution is 9.10. The summed E-state index contributed by atoms with van der Waals surface area (Å²) in [4.78, 5) is 14.7. The molecule has 0 saturated heterocycles. The lowest BCUT2D eigenvalue weighted by molar-refractivity contribution is -0.385. The maximum absolute atomic E-state index is 11.0. The summed E-state index contributed by atoms with van der Waals surface area (Å²) in [6.45, 7) is 2.77. The van der Waals surface area contributed by atoms with Crippen LogP contribution in [-0.2, 0) is 13.0 Å². The number of hydrogen-bond donors (Lipinski definition) is 1. The molecular formula is C12H13BrN4O3. The van der Waals surface area contributed by atoms with Crippen LogP contribution in [0.25, 0.3) is 0 Å². The van der Waals surface area contributed by atoms with Crippen LogP contribution in [0.1, 0.15) is 17.3 Å². The number of benzene rings is 1. The number of nitro groups is 1. The number of aromatic nitrogens is 2. The Morgan fingerprint density at radius 1 is 1.50 bits per heavy atom. The first-order valence-electron chi connectivity index (χ1n) is 5.99. The summed E-state index contributed by atoms with van der Waals surface area (Å²) in [5.74, 6) is 1.16. The normalized spacial score (nSPS) is 10.7. The maximum atomic E-state index is 11.0. The van der Waals surface area contributed by atoms with Crippen molar-refractivity contribution in [1.82, 2.24) is 15.5 Å². The first kappa shape index (κ1) is 14.6. The van der Waals surface area contributed by atoms with E-state index in [-0.39, 0.29) is 10.6 Å². The van der Waals surface area contributed by atoms with Gasteiger partial charge in [0.2, 0.25) is 5.89 Å². The van der Waals surface area contributed by atoms with Crippen LogP contribution >= 0.6 is 15.9 Å². The van der Waals surface area contributed by atoms with Gasteiger partial charge in [-0.2, -0.15) is 4.98 Å². The molecule has 1 aromatic carbocycles. The van der Waals surface area contributed by atoms with Crippen molar-refractivity contribution in [3.63, 3.8) is 0 Å². The summed E-state index contributed by atoms with van der Waals surface area (Å²) in [5.41, 5.74) is 0.741. The molecule has 106 valence electrons. The number of aryl methyl sites for hydroxylation is 1. The molecule has 1 heterocycles. The zero-order valence-electron chi connectivity index (χ0n) is 10.8. The number of halogens is 1. The number of nitro benzene ring substituents is 1. The molecule has 0 aliphatic rings. The molecule has 0 atom stereocenters. The Morgan fingerprint density at radius 2 is 2.30 bits per heavy atom. The number of nitrogens with one attached hydrogen (secondary N) is 1. The summed E-state index contributed by atoms with van der Waals surface area (Å²) < 4.78 is 5.55. The highest BCUT2D eigenvalue weighted by Crippen LogP contribution is 2.23. The average Bonchev–Trinajstić information content (AvgIpc) is 2.81. The SMILES string of the molecule is Cc1nc(CCNCc2ccc(Br)cc2[N+](=O)[O-])no1. The van der Waals surface area contributed by atoms with Crippen LogP contribution in [0.3, 0.4) is 0 Å². The molecule has 1 N–H and O–H groups in total. The minimum absolute atomic E-state index is 0.0993. The smallest absolute Gasteiger partial charge is 0.275 e. The number of nitrogens with zero attached hydrogens (tertiary/aromatic N) is 3. The number of rotatable bonds is 6. The van der Waals surface area contributed by atoms with Gasteiger partial charge in [-0.3, -0.25) is 10.1 Å². The summed E-state index contributed by atoms with van der Waals surface area (Å²) in [7, 11) is 0. The Hall–Kier alpha value is -1.80. The van der Waals surface area contributed by atoms with Crippen molar-refractivity contribution < 1.29 is 9.45 Å². The quantitative estimate of drug-likeness (QED) is 0.492. The van der Waals surface area contributed by atoms with Crippen molar-refractivity contribution >= 4 is 21.6 Å². The largest absolute Gasteiger partial charge is 0.340 e. The first-order chi connectivity index (χ1) is 9.56. The molecular weight excluding hydrogens is 328 g/mol. The topological polar surface area (TPSA) is 94.1 Å². The van der Waals surface area contributed by atoms with Gasteiger partial charge in [-0.15, -0.1) is 0 Å². The highest BCUT2D eigenvalue weighted by atomic mass is 79.9. The molecule has 2 rings (SSSR count). The predicted molar refractivity (Wildman–Crippen MR) is 75.2 cm³/mol. The van der Waals surface area contributed by atoms with Gasteiger partial charge < -0.3 is 9.84 Å². The molecule has 20 heavy (non-hydrogen) atoms. The number of hydrogen-bond acceptors (Lipinski definition) is 6. The molecule has 2 aromatic rings. The Kier molecular flexibility index (Phi) is 4.80. The van der Waals surface area contributed by atoms with Crippen molar-refractivity contribution in [2.24, 2.45) is 0 Å². The molecule has 1 aromatic heterocycles. The highest BCUT2D eigenvalue weighted by Gasteiger charge is 2.13. The zero-order chi connectivity index (χ0) is 14.5. The lowest BCUT2D eigenvalue weighted by Crippen LogP contribution is -2.18. The van der Waals surface area contributed by atoms with E-state index in [0.29, 0.717) is 41.3 Å². The van der Waals surface area contributed by atoms with Crippen LogP contribution < -0.4 is 5.32 Å². The van der Waals surface area contributed by atoms with E-state index in [0.717, 1.165) is 0 Å². The van der Waals surface area contributed by atoms with Gasteiger partial charge in [0.1, 0.15) is 0 Å². The van der Waals surface area contributed by atoms with Gasteiger partial charge in [0, 0.05) is 42.5 Å². The summed E-state index contributed by atoms with van der Waals surface area (Å²) in [6, 6.07) is 5.01. The Labute approximate surface area is 123 Å². The van der Waals surface area contributed by atoms with Crippen molar-refractivity contribution in [3.8, 4) is 0 Å². The zero-order valence-corrected chi connectivity index (χ0v) is 12.4. The van der Waals surface area contributed by atoms with Crippen LogP contribution in [0.5, 0.6) is 0 Å². The second-order valence-electron chi connectivity index (χ2n) is 4.19. The molecule has 0 bridgehead atoms. The van der Waals surface area contributed by atoms with E-state index in [1.807, 2.05) is 0 Å². The molecule has 0 amide bonds. The third-order valence-electron chi connectivity index (χ3n) is 2.65. The minimum atomic E-state index is -0.385. The second kappa shape index (κ2) is 6.58. The van der Waals surface area contributed by atoms with Crippen LogP contribution in [0.15, 0.2) is 27.2 Å². The molecule has 0 saturated carbocycles. The van der Waals surface area contributed by atoms with E-state index >= 15 is 0 Å². The van der Waals surface area contributed by atoms with E-state index in [9.17, 15) is 10.1 Å². The third kappa shape index (κ3) is 3.84. The standard InChI is InChI=1S/C12H13BrN4O3/c1-8-15-12(16-20-8)4-5-14-7-9-2-3-10(13)6-11(9)17(18)19/h2-3,6,14H,4-5,7H2,1H3. The molecule has 7 nitrogen and oxygen atoms in total. The van der Waals surface area contributed by atoms with E-state index in [4.69, 9.17) is 4.52 Å². The molecule has 0 aliphatic heterocycles. The van der Waals surface area contributed by atoms with Crippen LogP contribution in [0.2, 0.25) is 0 Å². The van der Waals surface area contributed by atoms with Gasteiger partial charge in [0.15, 0.2) is 5.82 Å². The van der Waals surface area contributed by atoms with Crippen molar-refractivity contribution in [1.29, 1.82) is 0 Å². The minimum Gasteiger partial charge on any atom is -0.340 e. The van der Waals surface area contributed by atoms with E-state index in [1.54, 1.807) is 19.1 Å². The Bertz CT molecular complexity index is 614. The fourth-order valence-corrected chi connectivity index (χ4v) is 2.07. The fraction of sp³-hybridized carbons (Fsp3) is 0.333. The van der Waals surface area contributed by atoms with Gasteiger partial charge in [-0.25, -0.2) is 0 Å². The molecule has 0 unspecified atom stereocenters. The molecule has 0 spiro atoms. The van der Waals surface area contributed by atoms with Crippen LogP contribution in [0.4, 0.5) is 5.69 Å².